The summed E-state index contributed by atoms with van der Waals surface area (Å²) in [6.07, 6.45) is 4.90. The topological polar surface area (TPSA) is 71.2 Å². The third-order valence-corrected chi connectivity index (χ3v) is 4.85. The van der Waals surface area contributed by atoms with Gasteiger partial charge in [0.05, 0.1) is 5.75 Å². The maximum absolute atomic E-state index is 10.6. The summed E-state index contributed by atoms with van der Waals surface area (Å²) in [5, 5.41) is 17.7. The van der Waals surface area contributed by atoms with Crippen molar-refractivity contribution in [2.45, 2.75) is 37.8 Å². The molecule has 0 aromatic carbocycles. The molecular weight excluding hydrogens is 276 g/mol. The number of carbonyl (C=O) groups is 1. The molecule has 0 spiro atoms. The zero-order valence-corrected chi connectivity index (χ0v) is 12.9. The highest BCUT2D eigenvalue weighted by Gasteiger charge is 2.20. The second-order valence-electron chi connectivity index (χ2n) is 5.22. The van der Waals surface area contributed by atoms with Crippen molar-refractivity contribution < 1.29 is 9.90 Å². The predicted molar refractivity (Wildman–Crippen MR) is 79.2 cm³/mol. The molecule has 1 fully saturated rings. The fraction of sp³-hybridized carbons (Fsp3) is 0.769. The van der Waals surface area contributed by atoms with Crippen LogP contribution in [0.1, 0.15) is 32.6 Å². The lowest BCUT2D eigenvalue weighted by molar-refractivity contribution is -0.133. The number of hydrogen-bond donors (Lipinski definition) is 1. The Morgan fingerprint density at radius 1 is 1.40 bits per heavy atom. The number of aliphatic carboxylic acids is 1. The van der Waals surface area contributed by atoms with Crippen molar-refractivity contribution in [2.24, 2.45) is 13.0 Å². The average Bonchev–Trinajstić information content (AvgIpc) is 2.64. The molecule has 0 radical (unpaired) electrons. The first-order valence-electron chi connectivity index (χ1n) is 7.10. The molecule has 112 valence electrons. The molecule has 1 atom stereocenters. The summed E-state index contributed by atoms with van der Waals surface area (Å²) in [5.74, 6) is 0.855. The van der Waals surface area contributed by atoms with E-state index in [2.05, 4.69) is 22.0 Å². The number of aromatic nitrogens is 3. The second kappa shape index (κ2) is 6.97. The molecule has 0 aliphatic carbocycles. The lowest BCUT2D eigenvalue weighted by Crippen LogP contribution is -2.27. The van der Waals surface area contributed by atoms with Crippen molar-refractivity contribution in [3.05, 3.63) is 0 Å². The van der Waals surface area contributed by atoms with E-state index < -0.39 is 5.97 Å². The first-order valence-corrected chi connectivity index (χ1v) is 8.09. The maximum atomic E-state index is 10.6. The van der Waals surface area contributed by atoms with Gasteiger partial charge in [0.15, 0.2) is 5.16 Å². The van der Waals surface area contributed by atoms with E-state index in [1.165, 1.54) is 37.4 Å². The Morgan fingerprint density at radius 3 is 2.90 bits per heavy atom. The minimum absolute atomic E-state index is 0.0177. The van der Waals surface area contributed by atoms with Crippen LogP contribution in [-0.4, -0.2) is 44.7 Å². The van der Waals surface area contributed by atoms with Crippen molar-refractivity contribution in [1.82, 2.24) is 14.8 Å². The van der Waals surface area contributed by atoms with Crippen molar-refractivity contribution in [2.75, 3.05) is 23.7 Å². The molecule has 1 unspecified atom stereocenters. The highest BCUT2D eigenvalue weighted by Crippen LogP contribution is 2.25. The van der Waals surface area contributed by atoms with Crippen LogP contribution in [0.25, 0.3) is 0 Å². The molecule has 0 bridgehead atoms. The summed E-state index contributed by atoms with van der Waals surface area (Å²) in [5.41, 5.74) is 0. The predicted octanol–water partition coefficient (Wildman–Crippen LogP) is 2.01. The number of carboxylic acids is 1. The Hall–Kier alpha value is -1.24. The average molecular weight is 298 g/mol. The van der Waals surface area contributed by atoms with Gasteiger partial charge < -0.3 is 10.0 Å². The van der Waals surface area contributed by atoms with Crippen molar-refractivity contribution in [3.8, 4) is 0 Å². The molecule has 1 aliphatic heterocycles. The van der Waals surface area contributed by atoms with E-state index in [4.69, 9.17) is 5.11 Å². The summed E-state index contributed by atoms with van der Waals surface area (Å²) in [4.78, 5) is 12.9. The van der Waals surface area contributed by atoms with Gasteiger partial charge in [-0.2, -0.15) is 0 Å². The van der Waals surface area contributed by atoms with Crippen molar-refractivity contribution in [3.63, 3.8) is 0 Å². The van der Waals surface area contributed by atoms with E-state index in [-0.39, 0.29) is 5.75 Å². The molecule has 0 amide bonds. The standard InChI is InChI=1S/C13H22N4O2S/c1-3-10-5-4-7-17(8-6-10)12-14-15-13(16(12)2)20-9-11(18)19/h10H,3-9H2,1-2H3,(H,18,19). The molecule has 20 heavy (non-hydrogen) atoms. The number of anilines is 1. The third kappa shape index (κ3) is 3.65. The third-order valence-electron chi connectivity index (χ3n) is 3.84. The number of nitrogens with zero attached hydrogens (tertiary/aromatic N) is 4. The fourth-order valence-corrected chi connectivity index (χ4v) is 3.23. The number of carboxylic acid groups (broad SMARTS) is 1. The monoisotopic (exact) mass is 298 g/mol. The van der Waals surface area contributed by atoms with E-state index in [0.717, 1.165) is 25.0 Å². The Balaban J connectivity index is 2.03. The van der Waals surface area contributed by atoms with Gasteiger partial charge in [0.2, 0.25) is 5.95 Å². The van der Waals surface area contributed by atoms with Gasteiger partial charge in [0, 0.05) is 20.1 Å². The van der Waals surface area contributed by atoms with E-state index in [9.17, 15) is 4.79 Å². The summed E-state index contributed by atoms with van der Waals surface area (Å²) in [7, 11) is 1.90. The van der Waals surface area contributed by atoms with Crippen molar-refractivity contribution >= 4 is 23.7 Å². The Bertz CT molecular complexity index is 463. The SMILES string of the molecule is CCC1CCCN(c2nnc(SCC(=O)O)n2C)CC1. The lowest BCUT2D eigenvalue weighted by Gasteiger charge is -2.21. The van der Waals surface area contributed by atoms with E-state index in [1.807, 2.05) is 11.6 Å². The molecule has 0 saturated carbocycles. The van der Waals surface area contributed by atoms with Gasteiger partial charge in [-0.15, -0.1) is 10.2 Å². The molecule has 7 heteroatoms. The summed E-state index contributed by atoms with van der Waals surface area (Å²) < 4.78 is 1.90. The minimum Gasteiger partial charge on any atom is -0.481 e. The van der Waals surface area contributed by atoms with Crippen LogP contribution in [-0.2, 0) is 11.8 Å². The van der Waals surface area contributed by atoms with Gasteiger partial charge in [-0.1, -0.05) is 25.1 Å². The minimum atomic E-state index is -0.833. The molecule has 6 nitrogen and oxygen atoms in total. The van der Waals surface area contributed by atoms with Crippen molar-refractivity contribution in [1.29, 1.82) is 0 Å². The first kappa shape index (κ1) is 15.2. The van der Waals surface area contributed by atoms with Gasteiger partial charge >= 0.3 is 5.97 Å². The summed E-state index contributed by atoms with van der Waals surface area (Å²) >= 11 is 1.21. The van der Waals surface area contributed by atoms with Gasteiger partial charge in [0.25, 0.3) is 0 Å². The summed E-state index contributed by atoms with van der Waals surface area (Å²) in [6.45, 7) is 4.27. The van der Waals surface area contributed by atoms with Crippen LogP contribution in [0, 0.1) is 5.92 Å². The molecule has 2 rings (SSSR count). The molecule has 1 aliphatic rings. The highest BCUT2D eigenvalue weighted by molar-refractivity contribution is 7.99. The zero-order chi connectivity index (χ0) is 14.5. The number of rotatable bonds is 5. The quantitative estimate of drug-likeness (QED) is 0.838. The fourth-order valence-electron chi connectivity index (χ4n) is 2.61. The van der Waals surface area contributed by atoms with Crippen LogP contribution in [0.4, 0.5) is 5.95 Å². The lowest BCUT2D eigenvalue weighted by atomic mass is 9.98. The highest BCUT2D eigenvalue weighted by atomic mass is 32.2. The molecule has 1 aromatic heterocycles. The van der Waals surface area contributed by atoms with Gasteiger partial charge in [-0.05, 0) is 25.2 Å². The summed E-state index contributed by atoms with van der Waals surface area (Å²) in [6, 6.07) is 0. The molecule has 1 saturated heterocycles. The van der Waals surface area contributed by atoms with Gasteiger partial charge in [-0.3, -0.25) is 9.36 Å². The van der Waals surface area contributed by atoms with Gasteiger partial charge in [0.1, 0.15) is 0 Å². The Morgan fingerprint density at radius 2 is 2.20 bits per heavy atom. The van der Waals surface area contributed by atoms with E-state index in [1.54, 1.807) is 0 Å². The maximum Gasteiger partial charge on any atom is 0.313 e. The largest absolute Gasteiger partial charge is 0.481 e. The van der Waals surface area contributed by atoms with Crippen LogP contribution in [0.2, 0.25) is 0 Å². The smallest absolute Gasteiger partial charge is 0.313 e. The Labute approximate surface area is 123 Å². The van der Waals surface area contributed by atoms with Crippen LogP contribution in [0.3, 0.4) is 0 Å². The van der Waals surface area contributed by atoms with E-state index in [0.29, 0.717) is 5.16 Å². The van der Waals surface area contributed by atoms with Crippen LogP contribution < -0.4 is 4.90 Å². The van der Waals surface area contributed by atoms with E-state index >= 15 is 0 Å². The zero-order valence-electron chi connectivity index (χ0n) is 12.1. The van der Waals surface area contributed by atoms with Gasteiger partial charge in [-0.25, -0.2) is 0 Å². The number of hydrogen-bond acceptors (Lipinski definition) is 5. The number of thioether (sulfide) groups is 1. The molecule has 2 heterocycles. The first-order chi connectivity index (χ1) is 9.61. The second-order valence-corrected chi connectivity index (χ2v) is 6.16. The van der Waals surface area contributed by atoms with Crippen LogP contribution in [0.15, 0.2) is 5.16 Å². The Kier molecular flexibility index (Phi) is 5.28. The van der Waals surface area contributed by atoms with Crippen LogP contribution in [0.5, 0.6) is 0 Å². The molecule has 1 N–H and O–H groups in total. The normalized spacial score (nSPS) is 19.9. The molecular formula is C13H22N4O2S. The van der Waals surface area contributed by atoms with Crippen LogP contribution >= 0.6 is 11.8 Å². The molecule has 1 aromatic rings.